The van der Waals surface area contributed by atoms with Gasteiger partial charge in [0.15, 0.2) is 0 Å². The van der Waals surface area contributed by atoms with Crippen LogP contribution in [0.5, 0.6) is 0 Å². The quantitative estimate of drug-likeness (QED) is 0.190. The van der Waals surface area contributed by atoms with E-state index in [0.29, 0.717) is 5.95 Å². The molecule has 0 fully saturated rings. The molecule has 11 rings (SSSR count). The molecule has 0 N–H and O–H groups in total. The summed E-state index contributed by atoms with van der Waals surface area (Å²) >= 11 is 0. The van der Waals surface area contributed by atoms with E-state index in [4.69, 9.17) is 9.97 Å². The van der Waals surface area contributed by atoms with Gasteiger partial charge in [0, 0.05) is 27.1 Å². The highest BCUT2D eigenvalue weighted by atomic mass is 15.2. The summed E-state index contributed by atoms with van der Waals surface area (Å²) in [6, 6.07) is 54.6. The minimum atomic E-state index is 0.680. The molecule has 0 saturated carbocycles. The second kappa shape index (κ2) is 9.12. The van der Waals surface area contributed by atoms with Crippen molar-refractivity contribution < 1.29 is 0 Å². The van der Waals surface area contributed by atoms with Crippen LogP contribution >= 0.6 is 0 Å². The van der Waals surface area contributed by atoms with Crippen molar-refractivity contribution in [2.75, 3.05) is 0 Å². The van der Waals surface area contributed by atoms with Crippen LogP contribution in [0.3, 0.4) is 0 Å². The van der Waals surface area contributed by atoms with Gasteiger partial charge in [0.25, 0.3) is 0 Å². The lowest BCUT2D eigenvalue weighted by atomic mass is 9.93. The summed E-state index contributed by atoms with van der Waals surface area (Å²) < 4.78 is 2.29. The van der Waals surface area contributed by atoms with E-state index >= 15 is 0 Å². The first-order valence-corrected chi connectivity index (χ1v) is 16.1. The van der Waals surface area contributed by atoms with Gasteiger partial charge < -0.3 is 0 Å². The van der Waals surface area contributed by atoms with Gasteiger partial charge in [0.2, 0.25) is 5.95 Å². The second-order valence-corrected chi connectivity index (χ2v) is 12.6. The first-order chi connectivity index (χ1) is 23.3. The van der Waals surface area contributed by atoms with Crippen LogP contribution in [0, 0.1) is 0 Å². The summed E-state index contributed by atoms with van der Waals surface area (Å²) in [5, 5.41) is 11.3. The van der Waals surface area contributed by atoms with E-state index in [-0.39, 0.29) is 0 Å². The van der Waals surface area contributed by atoms with Crippen molar-refractivity contribution in [1.29, 1.82) is 0 Å². The van der Waals surface area contributed by atoms with E-state index in [1.54, 1.807) is 0 Å². The van der Waals surface area contributed by atoms with Crippen LogP contribution in [0.2, 0.25) is 0 Å². The fourth-order valence-corrected chi connectivity index (χ4v) is 8.08. The highest BCUT2D eigenvalue weighted by molar-refractivity contribution is 6.38. The monoisotopic (exact) mass is 595 g/mol. The second-order valence-electron chi connectivity index (χ2n) is 12.6. The van der Waals surface area contributed by atoms with Crippen LogP contribution < -0.4 is 0 Å². The Hall–Kier alpha value is -6.32. The van der Waals surface area contributed by atoms with Gasteiger partial charge in [-0.1, -0.05) is 127 Å². The van der Waals surface area contributed by atoms with E-state index in [1.165, 1.54) is 65.3 Å². The molecule has 0 saturated heterocycles. The van der Waals surface area contributed by atoms with E-state index < -0.39 is 0 Å². The zero-order valence-corrected chi connectivity index (χ0v) is 25.3. The molecule has 0 radical (unpaired) electrons. The molecule has 2 heterocycles. The molecule has 10 aromatic rings. The summed E-state index contributed by atoms with van der Waals surface area (Å²) in [7, 11) is 0. The predicted molar refractivity (Wildman–Crippen MR) is 196 cm³/mol. The van der Waals surface area contributed by atoms with Crippen molar-refractivity contribution in [1.82, 2.24) is 14.5 Å². The molecule has 3 heteroatoms. The minimum absolute atomic E-state index is 0.680. The third-order valence-electron chi connectivity index (χ3n) is 10.1. The van der Waals surface area contributed by atoms with Crippen LogP contribution in [0.1, 0.15) is 0 Å². The molecule has 0 atom stereocenters. The molecular formula is C44H25N3. The number of fused-ring (bicyclic) bond motifs is 2. The van der Waals surface area contributed by atoms with Gasteiger partial charge in [0.05, 0.1) is 22.2 Å². The molecule has 3 nitrogen and oxygen atoms in total. The molecule has 0 unspecified atom stereocenters. The Morgan fingerprint density at radius 2 is 1.00 bits per heavy atom. The smallest absolute Gasteiger partial charge is 0.235 e. The van der Waals surface area contributed by atoms with Gasteiger partial charge in [0.1, 0.15) is 0 Å². The Morgan fingerprint density at radius 1 is 0.383 bits per heavy atom. The van der Waals surface area contributed by atoms with Crippen molar-refractivity contribution in [3.05, 3.63) is 152 Å². The molecule has 0 spiro atoms. The molecule has 0 amide bonds. The van der Waals surface area contributed by atoms with Crippen molar-refractivity contribution in [2.45, 2.75) is 0 Å². The van der Waals surface area contributed by atoms with Crippen molar-refractivity contribution in [2.24, 2.45) is 0 Å². The van der Waals surface area contributed by atoms with Gasteiger partial charge in [-0.15, -0.1) is 0 Å². The fourth-order valence-electron chi connectivity index (χ4n) is 8.08. The molecule has 47 heavy (non-hydrogen) atoms. The van der Waals surface area contributed by atoms with Crippen LogP contribution in [-0.2, 0) is 0 Å². The predicted octanol–water partition coefficient (Wildman–Crippen LogP) is 11.5. The van der Waals surface area contributed by atoms with Crippen molar-refractivity contribution in [3.8, 4) is 39.5 Å². The zero-order valence-electron chi connectivity index (χ0n) is 25.3. The maximum absolute atomic E-state index is 5.43. The third-order valence-corrected chi connectivity index (χ3v) is 10.1. The Balaban J connectivity index is 1.28. The topological polar surface area (TPSA) is 30.7 Å². The molecule has 216 valence electrons. The van der Waals surface area contributed by atoms with E-state index in [0.717, 1.165) is 33.2 Å². The minimum Gasteiger partial charge on any atom is -0.278 e. The van der Waals surface area contributed by atoms with Gasteiger partial charge in [-0.25, -0.2) is 9.97 Å². The first kappa shape index (κ1) is 24.9. The first-order valence-electron chi connectivity index (χ1n) is 16.1. The molecule has 0 aliphatic heterocycles. The lowest BCUT2D eigenvalue weighted by Crippen LogP contribution is -2.03. The fraction of sp³-hybridized carbons (Fsp3) is 0. The Labute approximate surface area is 270 Å². The lowest BCUT2D eigenvalue weighted by molar-refractivity contribution is 1.01. The standard InChI is InChI=1S/C44H25N3/c1-2-9-26(10-3-1)30-12-6-13-31(25-30)43-34-14-4-5-17-35(34)45-44(46-43)47-36-18-8-16-33-32-15-7-11-27-19-20-28-21-22-29-23-24-37(47)42(41(33)36)40(29)39(28)38(27)32/h1-25H. The van der Waals surface area contributed by atoms with Crippen molar-refractivity contribution in [3.63, 3.8) is 0 Å². The van der Waals surface area contributed by atoms with Gasteiger partial charge in [-0.3, -0.25) is 4.57 Å². The Bertz CT molecular complexity index is 2950. The summed E-state index contributed by atoms with van der Waals surface area (Å²) in [6.45, 7) is 0. The average Bonchev–Trinajstić information content (AvgIpc) is 3.42. The average molecular weight is 596 g/mol. The maximum atomic E-state index is 5.43. The molecule has 8 aromatic carbocycles. The number of hydrogen-bond acceptors (Lipinski definition) is 2. The van der Waals surface area contributed by atoms with E-state index in [2.05, 4.69) is 156 Å². The van der Waals surface area contributed by atoms with Crippen LogP contribution in [0.15, 0.2) is 152 Å². The Kier molecular flexibility index (Phi) is 4.84. The summed E-state index contributed by atoms with van der Waals surface area (Å²) in [5.41, 5.74) is 10.0. The summed E-state index contributed by atoms with van der Waals surface area (Å²) in [4.78, 5) is 10.7. The Morgan fingerprint density at radius 3 is 1.85 bits per heavy atom. The third kappa shape index (κ3) is 3.35. The number of para-hydroxylation sites is 1. The maximum Gasteiger partial charge on any atom is 0.235 e. The van der Waals surface area contributed by atoms with Crippen LogP contribution in [0.25, 0.3) is 104 Å². The number of aromatic nitrogens is 3. The number of hydrogen-bond donors (Lipinski definition) is 0. The summed E-state index contributed by atoms with van der Waals surface area (Å²) in [5.74, 6) is 0.680. The SMILES string of the molecule is c1ccc(-c2cccc(-c3nc(-n4c5cccc6c5c5c7c(ccc8ccc9cccc-6c9c87)ccc54)nc4ccccc34)c2)cc1. The molecule has 2 aromatic heterocycles. The van der Waals surface area contributed by atoms with E-state index in [1.807, 2.05) is 0 Å². The highest BCUT2D eigenvalue weighted by Crippen LogP contribution is 2.49. The van der Waals surface area contributed by atoms with Gasteiger partial charge in [-0.05, 0) is 73.5 Å². The highest BCUT2D eigenvalue weighted by Gasteiger charge is 2.25. The summed E-state index contributed by atoms with van der Waals surface area (Å²) in [6.07, 6.45) is 0. The molecule has 1 aliphatic rings. The van der Waals surface area contributed by atoms with Crippen LogP contribution in [-0.4, -0.2) is 14.5 Å². The van der Waals surface area contributed by atoms with E-state index in [9.17, 15) is 0 Å². The van der Waals surface area contributed by atoms with Crippen LogP contribution in [0.4, 0.5) is 0 Å². The number of nitrogens with zero attached hydrogens (tertiary/aromatic N) is 3. The normalized spacial score (nSPS) is 12.3. The molecule has 1 aliphatic carbocycles. The zero-order chi connectivity index (χ0) is 30.6. The van der Waals surface area contributed by atoms with Crippen molar-refractivity contribution >= 4 is 65.0 Å². The van der Waals surface area contributed by atoms with Gasteiger partial charge >= 0.3 is 0 Å². The molecule has 0 bridgehead atoms. The lowest BCUT2D eigenvalue weighted by Gasteiger charge is -2.14. The number of rotatable bonds is 3. The molecular weight excluding hydrogens is 571 g/mol. The largest absolute Gasteiger partial charge is 0.278 e. The number of benzene rings is 8. The van der Waals surface area contributed by atoms with Gasteiger partial charge in [-0.2, -0.15) is 0 Å².